The number of halogens is 3. The molecule has 27 heavy (non-hydrogen) atoms. The second-order valence-corrected chi connectivity index (χ2v) is 5.54. The molecule has 1 heterocycles. The number of carboxylic acids is 1. The third-order valence-electron chi connectivity index (χ3n) is 3.52. The number of aromatic carboxylic acids is 1. The minimum Gasteiger partial charge on any atom is -0.478 e. The summed E-state index contributed by atoms with van der Waals surface area (Å²) in [4.78, 5) is 19.3. The van der Waals surface area contributed by atoms with Gasteiger partial charge in [-0.25, -0.2) is 27.9 Å². The number of carboxylic acid groups (broad SMARTS) is 1. The third-order valence-corrected chi connectivity index (χ3v) is 3.52. The lowest BCUT2D eigenvalue weighted by atomic mass is 10.2. The van der Waals surface area contributed by atoms with Crippen LogP contribution >= 0.6 is 0 Å². The molecule has 0 radical (unpaired) electrons. The Balaban J connectivity index is 1.88. The topological polar surface area (TPSA) is 87.1 Å². The lowest BCUT2D eigenvalue weighted by Gasteiger charge is -2.11. The molecule has 9 heteroatoms. The lowest BCUT2D eigenvalue weighted by Crippen LogP contribution is -2.04. The fraction of sp³-hybridized carbons (Fsp3) is 0.0556. The van der Waals surface area contributed by atoms with Crippen LogP contribution in [0.3, 0.4) is 0 Å². The van der Waals surface area contributed by atoms with Crippen LogP contribution in [0.1, 0.15) is 16.2 Å². The van der Waals surface area contributed by atoms with E-state index in [4.69, 9.17) is 5.11 Å². The highest BCUT2D eigenvalue weighted by atomic mass is 19.2. The second kappa shape index (κ2) is 7.32. The maximum atomic E-state index is 13.8. The van der Waals surface area contributed by atoms with Crippen LogP contribution in [0.25, 0.3) is 0 Å². The van der Waals surface area contributed by atoms with Crippen molar-refractivity contribution in [2.24, 2.45) is 0 Å². The van der Waals surface area contributed by atoms with Gasteiger partial charge in [-0.1, -0.05) is 6.07 Å². The number of aryl methyl sites for hydroxylation is 1. The van der Waals surface area contributed by atoms with Crippen molar-refractivity contribution in [3.8, 4) is 0 Å². The summed E-state index contributed by atoms with van der Waals surface area (Å²) in [5.41, 5.74) is 0.275. The van der Waals surface area contributed by atoms with Gasteiger partial charge in [-0.05, 0) is 37.3 Å². The molecule has 0 unspecified atom stereocenters. The number of benzene rings is 2. The van der Waals surface area contributed by atoms with Gasteiger partial charge in [-0.15, -0.1) is 0 Å². The van der Waals surface area contributed by atoms with Gasteiger partial charge in [-0.2, -0.15) is 0 Å². The Hall–Kier alpha value is -3.62. The highest BCUT2D eigenvalue weighted by Gasteiger charge is 2.14. The van der Waals surface area contributed by atoms with E-state index < -0.39 is 23.4 Å². The first-order valence-electron chi connectivity index (χ1n) is 7.70. The summed E-state index contributed by atoms with van der Waals surface area (Å²) >= 11 is 0. The van der Waals surface area contributed by atoms with E-state index in [0.29, 0.717) is 17.3 Å². The number of nitrogens with one attached hydrogen (secondary N) is 2. The summed E-state index contributed by atoms with van der Waals surface area (Å²) in [6, 6.07) is 9.34. The Kier molecular flexibility index (Phi) is 4.93. The molecule has 0 aliphatic carbocycles. The van der Waals surface area contributed by atoms with Gasteiger partial charge in [0.25, 0.3) is 0 Å². The van der Waals surface area contributed by atoms with E-state index in [2.05, 4.69) is 20.6 Å². The lowest BCUT2D eigenvalue weighted by molar-refractivity contribution is 0.0697. The molecular formula is C18H13F3N4O2. The van der Waals surface area contributed by atoms with Crippen LogP contribution in [0, 0.1) is 24.4 Å². The predicted molar refractivity (Wildman–Crippen MR) is 93.1 cm³/mol. The third kappa shape index (κ3) is 4.14. The maximum Gasteiger partial charge on any atom is 0.335 e. The summed E-state index contributed by atoms with van der Waals surface area (Å²) in [5, 5.41) is 14.5. The van der Waals surface area contributed by atoms with Crippen molar-refractivity contribution < 1.29 is 23.1 Å². The van der Waals surface area contributed by atoms with Gasteiger partial charge in [0.05, 0.1) is 11.3 Å². The molecule has 0 saturated heterocycles. The zero-order chi connectivity index (χ0) is 19.6. The predicted octanol–water partition coefficient (Wildman–Crippen LogP) is 4.39. The van der Waals surface area contributed by atoms with Crippen molar-refractivity contribution in [1.82, 2.24) is 9.97 Å². The number of rotatable bonds is 5. The molecule has 138 valence electrons. The Bertz CT molecular complexity index is 1030. The Morgan fingerprint density at radius 3 is 2.37 bits per heavy atom. The number of hydrogen-bond acceptors (Lipinski definition) is 5. The normalized spacial score (nSPS) is 10.5. The molecule has 1 aromatic heterocycles. The van der Waals surface area contributed by atoms with E-state index in [1.54, 1.807) is 19.1 Å². The van der Waals surface area contributed by atoms with Crippen LogP contribution < -0.4 is 10.6 Å². The van der Waals surface area contributed by atoms with Crippen LogP contribution in [0.15, 0.2) is 42.5 Å². The number of carbonyl (C=O) groups is 1. The number of nitrogens with zero attached hydrogens (tertiary/aromatic N) is 2. The molecule has 0 saturated carbocycles. The van der Waals surface area contributed by atoms with Crippen molar-refractivity contribution in [3.63, 3.8) is 0 Å². The van der Waals surface area contributed by atoms with Crippen molar-refractivity contribution in [2.45, 2.75) is 6.92 Å². The fourth-order valence-corrected chi connectivity index (χ4v) is 2.33. The molecule has 0 spiro atoms. The first-order chi connectivity index (χ1) is 12.8. The molecule has 3 aromatic rings. The quantitative estimate of drug-likeness (QED) is 0.574. The Morgan fingerprint density at radius 2 is 1.67 bits per heavy atom. The largest absolute Gasteiger partial charge is 0.478 e. The van der Waals surface area contributed by atoms with Crippen LogP contribution in [0.4, 0.5) is 36.2 Å². The standard InChI is InChI=1S/C18H13F3N4O2/c1-9-22-14(24-11-4-2-3-10(7-11)18(26)27)8-15(23-9)25-13-6-5-12(19)16(20)17(13)21/h2-8H,1H3,(H,26,27)(H2,22,23,24,25). The Morgan fingerprint density at radius 1 is 0.963 bits per heavy atom. The second-order valence-electron chi connectivity index (χ2n) is 5.54. The van der Waals surface area contributed by atoms with Crippen molar-refractivity contribution in [1.29, 1.82) is 0 Å². The van der Waals surface area contributed by atoms with E-state index in [9.17, 15) is 18.0 Å². The SMILES string of the molecule is Cc1nc(Nc2cccc(C(=O)O)c2)cc(Nc2ccc(F)c(F)c2F)n1. The smallest absolute Gasteiger partial charge is 0.335 e. The molecule has 0 bridgehead atoms. The van der Waals surface area contributed by atoms with Gasteiger partial charge < -0.3 is 15.7 Å². The Labute approximate surface area is 151 Å². The first-order valence-corrected chi connectivity index (χ1v) is 7.70. The van der Waals surface area contributed by atoms with Crippen LogP contribution in [-0.2, 0) is 0 Å². The summed E-state index contributed by atoms with van der Waals surface area (Å²) in [5.74, 6) is -4.56. The summed E-state index contributed by atoms with van der Waals surface area (Å²) in [6.07, 6.45) is 0. The van der Waals surface area contributed by atoms with Crippen LogP contribution in [0.2, 0.25) is 0 Å². The van der Waals surface area contributed by atoms with E-state index in [-0.39, 0.29) is 17.1 Å². The van der Waals surface area contributed by atoms with Gasteiger partial charge in [-0.3, -0.25) is 0 Å². The van der Waals surface area contributed by atoms with Crippen LogP contribution in [0.5, 0.6) is 0 Å². The van der Waals surface area contributed by atoms with Gasteiger partial charge in [0.1, 0.15) is 17.5 Å². The van der Waals surface area contributed by atoms with Gasteiger partial charge >= 0.3 is 5.97 Å². The molecule has 0 aliphatic rings. The molecule has 0 amide bonds. The fourth-order valence-electron chi connectivity index (χ4n) is 2.33. The average molecular weight is 374 g/mol. The average Bonchev–Trinajstić information content (AvgIpc) is 2.62. The van der Waals surface area contributed by atoms with E-state index in [1.165, 1.54) is 18.2 Å². The molecule has 0 aliphatic heterocycles. The molecule has 0 atom stereocenters. The van der Waals surface area contributed by atoms with Crippen molar-refractivity contribution >= 4 is 29.0 Å². The van der Waals surface area contributed by atoms with Crippen molar-refractivity contribution in [3.05, 3.63) is 71.3 Å². The molecule has 2 aromatic carbocycles. The van der Waals surface area contributed by atoms with E-state index in [0.717, 1.165) is 12.1 Å². The first kappa shape index (κ1) is 18.2. The number of aromatic nitrogens is 2. The van der Waals surface area contributed by atoms with Crippen LogP contribution in [-0.4, -0.2) is 21.0 Å². The van der Waals surface area contributed by atoms with Gasteiger partial charge in [0.15, 0.2) is 17.5 Å². The zero-order valence-corrected chi connectivity index (χ0v) is 13.9. The van der Waals surface area contributed by atoms with E-state index in [1.807, 2.05) is 0 Å². The summed E-state index contributed by atoms with van der Waals surface area (Å²) < 4.78 is 40.2. The minimum absolute atomic E-state index is 0.0907. The van der Waals surface area contributed by atoms with Gasteiger partial charge in [0.2, 0.25) is 0 Å². The monoisotopic (exact) mass is 374 g/mol. The minimum atomic E-state index is -1.59. The van der Waals surface area contributed by atoms with Crippen molar-refractivity contribution in [2.75, 3.05) is 10.6 Å². The zero-order valence-electron chi connectivity index (χ0n) is 13.9. The van der Waals surface area contributed by atoms with Gasteiger partial charge in [0, 0.05) is 11.8 Å². The summed E-state index contributed by atoms with van der Waals surface area (Å²) in [6.45, 7) is 1.59. The molecule has 0 fully saturated rings. The number of anilines is 4. The molecule has 3 N–H and O–H groups in total. The molecular weight excluding hydrogens is 361 g/mol. The molecule has 6 nitrogen and oxygen atoms in total. The highest BCUT2D eigenvalue weighted by molar-refractivity contribution is 5.89. The number of hydrogen-bond donors (Lipinski definition) is 3. The summed E-state index contributed by atoms with van der Waals surface area (Å²) in [7, 11) is 0. The maximum absolute atomic E-state index is 13.8. The highest BCUT2D eigenvalue weighted by Crippen LogP contribution is 2.25. The van der Waals surface area contributed by atoms with E-state index >= 15 is 0 Å². The molecule has 3 rings (SSSR count).